The second-order valence-electron chi connectivity index (χ2n) is 8.54. The molecular formula is C28H26N2O3. The van der Waals surface area contributed by atoms with E-state index in [4.69, 9.17) is 4.42 Å². The second kappa shape index (κ2) is 8.94. The summed E-state index contributed by atoms with van der Waals surface area (Å²) in [6.07, 6.45) is 3.59. The van der Waals surface area contributed by atoms with Crippen LogP contribution in [0.5, 0.6) is 0 Å². The minimum atomic E-state index is -0.162. The predicted octanol–water partition coefficient (Wildman–Crippen LogP) is 5.44. The average Bonchev–Trinajstić information content (AvgIpc) is 3.56. The van der Waals surface area contributed by atoms with Crippen molar-refractivity contribution < 1.29 is 14.0 Å². The van der Waals surface area contributed by atoms with Gasteiger partial charge in [0.2, 0.25) is 0 Å². The molecule has 5 nitrogen and oxygen atoms in total. The van der Waals surface area contributed by atoms with Crippen LogP contribution in [-0.4, -0.2) is 35.8 Å². The number of carbonyl (C=O) groups is 2. The van der Waals surface area contributed by atoms with Gasteiger partial charge in [-0.2, -0.15) is 0 Å². The largest absolute Gasteiger partial charge is 0.464 e. The monoisotopic (exact) mass is 438 g/mol. The first-order valence-electron chi connectivity index (χ1n) is 11.3. The molecule has 5 rings (SSSR count). The third kappa shape index (κ3) is 4.40. The lowest BCUT2D eigenvalue weighted by molar-refractivity contribution is 0.0737. The zero-order chi connectivity index (χ0) is 22.8. The molecule has 0 radical (unpaired) electrons. The molecule has 1 N–H and O–H groups in total. The van der Waals surface area contributed by atoms with Crippen LogP contribution < -0.4 is 5.32 Å². The molecule has 4 aromatic rings. The highest BCUT2D eigenvalue weighted by Crippen LogP contribution is 2.31. The van der Waals surface area contributed by atoms with Gasteiger partial charge in [0.1, 0.15) is 5.58 Å². The Morgan fingerprint density at radius 3 is 2.58 bits per heavy atom. The molecule has 1 aromatic heterocycles. The van der Waals surface area contributed by atoms with Crippen LogP contribution in [0.3, 0.4) is 0 Å². The van der Waals surface area contributed by atoms with E-state index in [-0.39, 0.29) is 17.9 Å². The van der Waals surface area contributed by atoms with Crippen LogP contribution in [0.15, 0.2) is 83.5 Å². The smallest absolute Gasteiger partial charge is 0.254 e. The summed E-state index contributed by atoms with van der Waals surface area (Å²) in [7, 11) is 0. The zero-order valence-electron chi connectivity index (χ0n) is 18.6. The number of aryl methyl sites for hydroxylation is 1. The molecule has 0 saturated heterocycles. The highest BCUT2D eigenvalue weighted by Gasteiger charge is 2.33. The minimum Gasteiger partial charge on any atom is -0.464 e. The summed E-state index contributed by atoms with van der Waals surface area (Å²) >= 11 is 0. The first-order chi connectivity index (χ1) is 16.1. The summed E-state index contributed by atoms with van der Waals surface area (Å²) in [5, 5.41) is 3.77. The van der Waals surface area contributed by atoms with Crippen molar-refractivity contribution in [1.29, 1.82) is 0 Å². The van der Waals surface area contributed by atoms with Gasteiger partial charge in [-0.1, -0.05) is 54.1 Å². The Bertz CT molecular complexity index is 1320. The molecule has 1 heterocycles. The number of amides is 2. The van der Waals surface area contributed by atoms with Gasteiger partial charge in [0.15, 0.2) is 0 Å². The Morgan fingerprint density at radius 1 is 0.970 bits per heavy atom. The molecule has 3 aromatic carbocycles. The van der Waals surface area contributed by atoms with Crippen molar-refractivity contribution in [3.05, 3.63) is 95.7 Å². The maximum atomic E-state index is 13.6. The summed E-state index contributed by atoms with van der Waals surface area (Å²) in [5.74, 6) is -0.147. The molecule has 166 valence electrons. The molecule has 0 aliphatic heterocycles. The van der Waals surface area contributed by atoms with E-state index in [0.717, 1.165) is 34.9 Å². The predicted molar refractivity (Wildman–Crippen MR) is 129 cm³/mol. The summed E-state index contributed by atoms with van der Waals surface area (Å²) in [4.78, 5) is 28.3. The minimum absolute atomic E-state index is 0.0146. The zero-order valence-corrected chi connectivity index (χ0v) is 18.6. The molecule has 0 spiro atoms. The summed E-state index contributed by atoms with van der Waals surface area (Å²) in [5.41, 5.74) is 5.10. The van der Waals surface area contributed by atoms with Crippen molar-refractivity contribution in [2.24, 2.45) is 0 Å². The molecule has 1 fully saturated rings. The molecule has 0 unspecified atom stereocenters. The molecule has 1 saturated carbocycles. The first-order valence-corrected chi connectivity index (χ1v) is 11.3. The first kappa shape index (κ1) is 21.0. The van der Waals surface area contributed by atoms with Gasteiger partial charge < -0.3 is 14.6 Å². The highest BCUT2D eigenvalue weighted by atomic mass is 16.3. The van der Waals surface area contributed by atoms with Crippen LogP contribution in [0.2, 0.25) is 0 Å². The number of hydrogen-bond donors (Lipinski definition) is 1. The van der Waals surface area contributed by atoms with Crippen LogP contribution in [0.4, 0.5) is 0 Å². The van der Waals surface area contributed by atoms with Crippen molar-refractivity contribution in [2.75, 3.05) is 13.1 Å². The van der Waals surface area contributed by atoms with Crippen LogP contribution in [0.25, 0.3) is 22.1 Å². The number of nitrogens with one attached hydrogen (secondary N) is 1. The molecule has 33 heavy (non-hydrogen) atoms. The van der Waals surface area contributed by atoms with Gasteiger partial charge in [-0.15, -0.1) is 0 Å². The Balaban J connectivity index is 1.32. The maximum Gasteiger partial charge on any atom is 0.254 e. The summed E-state index contributed by atoms with van der Waals surface area (Å²) in [6, 6.07) is 23.4. The third-order valence-corrected chi connectivity index (χ3v) is 6.11. The number of rotatable bonds is 7. The SMILES string of the molecule is Cc1cccc(-c2ccccc2C(=O)N(CCNC(=O)c2cccc3occc23)C2CC2)c1. The Labute approximate surface area is 193 Å². The maximum absolute atomic E-state index is 13.6. The van der Waals surface area contributed by atoms with Crippen LogP contribution in [0, 0.1) is 6.92 Å². The van der Waals surface area contributed by atoms with E-state index >= 15 is 0 Å². The fraction of sp³-hybridized carbons (Fsp3) is 0.214. The van der Waals surface area contributed by atoms with Gasteiger partial charge in [-0.05, 0) is 55.2 Å². The fourth-order valence-electron chi connectivity index (χ4n) is 4.30. The molecule has 1 aliphatic rings. The quantitative estimate of drug-likeness (QED) is 0.418. The van der Waals surface area contributed by atoms with Gasteiger partial charge in [0, 0.05) is 30.1 Å². The topological polar surface area (TPSA) is 62.6 Å². The van der Waals surface area contributed by atoms with E-state index in [1.54, 1.807) is 18.4 Å². The van der Waals surface area contributed by atoms with Crippen molar-refractivity contribution in [3.8, 4) is 11.1 Å². The normalized spacial score (nSPS) is 13.1. The van der Waals surface area contributed by atoms with Crippen LogP contribution >= 0.6 is 0 Å². The molecule has 2 amide bonds. The Hall–Kier alpha value is -3.86. The van der Waals surface area contributed by atoms with E-state index < -0.39 is 0 Å². The van der Waals surface area contributed by atoms with Gasteiger partial charge >= 0.3 is 0 Å². The van der Waals surface area contributed by atoms with Gasteiger partial charge in [0.05, 0.1) is 11.8 Å². The number of carbonyl (C=O) groups excluding carboxylic acids is 2. The van der Waals surface area contributed by atoms with E-state index in [1.807, 2.05) is 53.4 Å². The Morgan fingerprint density at radius 2 is 1.76 bits per heavy atom. The number of fused-ring (bicyclic) bond motifs is 1. The van der Waals surface area contributed by atoms with E-state index in [9.17, 15) is 9.59 Å². The van der Waals surface area contributed by atoms with Gasteiger partial charge in [-0.3, -0.25) is 9.59 Å². The van der Waals surface area contributed by atoms with Crippen molar-refractivity contribution in [1.82, 2.24) is 10.2 Å². The van der Waals surface area contributed by atoms with E-state index in [0.29, 0.717) is 29.8 Å². The van der Waals surface area contributed by atoms with Gasteiger partial charge in [0.25, 0.3) is 11.8 Å². The lowest BCUT2D eigenvalue weighted by Crippen LogP contribution is -2.40. The number of furan rings is 1. The number of benzene rings is 3. The molecule has 0 atom stereocenters. The standard InChI is InChI=1S/C28H26N2O3/c1-19-6-4-7-20(18-19)22-8-2-3-9-25(22)28(32)30(21-12-13-21)16-15-29-27(31)24-10-5-11-26-23(24)14-17-33-26/h2-11,14,17-18,21H,12-13,15-16H2,1H3,(H,29,31). The van der Waals surface area contributed by atoms with Crippen LogP contribution in [-0.2, 0) is 0 Å². The summed E-state index contributed by atoms with van der Waals surface area (Å²) < 4.78 is 5.39. The third-order valence-electron chi connectivity index (χ3n) is 6.11. The molecule has 5 heteroatoms. The molecular weight excluding hydrogens is 412 g/mol. The lowest BCUT2D eigenvalue weighted by Gasteiger charge is -2.24. The van der Waals surface area contributed by atoms with E-state index in [1.165, 1.54) is 0 Å². The van der Waals surface area contributed by atoms with Gasteiger partial charge in [-0.25, -0.2) is 0 Å². The summed E-state index contributed by atoms with van der Waals surface area (Å²) in [6.45, 7) is 2.91. The van der Waals surface area contributed by atoms with Crippen LogP contribution in [0.1, 0.15) is 39.1 Å². The molecule has 1 aliphatic carbocycles. The second-order valence-corrected chi connectivity index (χ2v) is 8.54. The highest BCUT2D eigenvalue weighted by molar-refractivity contribution is 6.06. The average molecular weight is 439 g/mol. The fourth-order valence-corrected chi connectivity index (χ4v) is 4.30. The van der Waals surface area contributed by atoms with Crippen molar-refractivity contribution in [3.63, 3.8) is 0 Å². The number of nitrogens with zero attached hydrogens (tertiary/aromatic N) is 1. The van der Waals surface area contributed by atoms with E-state index in [2.05, 4.69) is 24.4 Å². The number of hydrogen-bond acceptors (Lipinski definition) is 3. The van der Waals surface area contributed by atoms with Crippen molar-refractivity contribution in [2.45, 2.75) is 25.8 Å². The molecule has 0 bridgehead atoms. The lowest BCUT2D eigenvalue weighted by atomic mass is 9.97. The Kier molecular flexibility index (Phi) is 5.69. The van der Waals surface area contributed by atoms with Crippen molar-refractivity contribution >= 4 is 22.8 Å².